The summed E-state index contributed by atoms with van der Waals surface area (Å²) < 4.78 is 43.2. The quantitative estimate of drug-likeness (QED) is 0.615. The van der Waals surface area contributed by atoms with Crippen LogP contribution in [0, 0.1) is 0 Å². The fraction of sp³-hybridized carbons (Fsp3) is 0.308. The number of halogens is 3. The van der Waals surface area contributed by atoms with Gasteiger partial charge in [-0.05, 0) is 30.4 Å². The lowest BCUT2D eigenvalue weighted by Crippen LogP contribution is -2.36. The predicted octanol–water partition coefficient (Wildman–Crippen LogP) is 3.65. The first-order chi connectivity index (χ1) is 9.91. The van der Waals surface area contributed by atoms with Gasteiger partial charge in [-0.1, -0.05) is 12.1 Å². The van der Waals surface area contributed by atoms with E-state index < -0.39 is 17.9 Å². The van der Waals surface area contributed by atoms with E-state index in [9.17, 15) is 13.2 Å². The summed E-state index contributed by atoms with van der Waals surface area (Å²) in [6, 6.07) is 4.68. The van der Waals surface area contributed by atoms with Crippen molar-refractivity contribution in [3.63, 3.8) is 0 Å². The molecule has 1 aromatic carbocycles. The molecule has 0 spiro atoms. The normalized spacial score (nSPS) is 18.1. The number of rotatable bonds is 5. The Balaban J connectivity index is 2.02. The molecule has 1 aliphatic rings. The minimum absolute atomic E-state index is 0.0544. The fourth-order valence-corrected chi connectivity index (χ4v) is 2.00. The van der Waals surface area contributed by atoms with Crippen LogP contribution in [0.15, 0.2) is 47.1 Å². The van der Waals surface area contributed by atoms with E-state index in [0.29, 0.717) is 11.7 Å². The van der Waals surface area contributed by atoms with Crippen molar-refractivity contribution >= 4 is 17.3 Å². The molecule has 0 amide bonds. The van der Waals surface area contributed by atoms with Gasteiger partial charge in [0.25, 0.3) is 0 Å². The van der Waals surface area contributed by atoms with Gasteiger partial charge in [-0.15, -0.1) is 11.7 Å². The molecule has 0 N–H and O–H groups in total. The summed E-state index contributed by atoms with van der Waals surface area (Å²) in [4.78, 5) is 1.68. The zero-order valence-electron chi connectivity index (χ0n) is 10.9. The Kier molecular flexibility index (Phi) is 4.56. The lowest BCUT2D eigenvalue weighted by atomic mass is 10.2. The van der Waals surface area contributed by atoms with Crippen LogP contribution in [0.1, 0.15) is 5.56 Å². The molecule has 1 unspecified atom stereocenters. The number of alkyl halides is 3. The van der Waals surface area contributed by atoms with Crippen LogP contribution in [-0.2, 0) is 6.18 Å². The Bertz CT molecular complexity index is 574. The molecule has 0 aliphatic carbocycles. The van der Waals surface area contributed by atoms with Crippen molar-refractivity contribution in [3.05, 3.63) is 42.5 Å². The summed E-state index contributed by atoms with van der Waals surface area (Å²) >= 11 is 5.00. The number of benzene rings is 1. The van der Waals surface area contributed by atoms with Crippen LogP contribution in [0.3, 0.4) is 0 Å². The molecule has 1 heterocycles. The minimum atomic E-state index is -4.40. The molecular formula is C13H12F3N3OS. The van der Waals surface area contributed by atoms with E-state index in [0.717, 1.165) is 12.1 Å². The Hall–Kier alpha value is -1.96. The van der Waals surface area contributed by atoms with Gasteiger partial charge < -0.3 is 9.64 Å². The molecule has 4 nitrogen and oxygen atoms in total. The van der Waals surface area contributed by atoms with E-state index in [1.807, 2.05) is 0 Å². The summed E-state index contributed by atoms with van der Waals surface area (Å²) in [5, 5.41) is 7.99. The van der Waals surface area contributed by atoms with Gasteiger partial charge in [-0.2, -0.15) is 18.3 Å². The van der Waals surface area contributed by atoms with Crippen molar-refractivity contribution in [1.82, 2.24) is 4.90 Å². The summed E-state index contributed by atoms with van der Waals surface area (Å²) in [6.07, 6.45) is -3.21. The fourth-order valence-electron chi connectivity index (χ4n) is 1.76. The highest BCUT2D eigenvalue weighted by molar-refractivity contribution is 7.80. The molecule has 0 saturated heterocycles. The highest BCUT2D eigenvalue weighted by Crippen LogP contribution is 2.31. The lowest BCUT2D eigenvalue weighted by Gasteiger charge is -2.21. The molecular weight excluding hydrogens is 303 g/mol. The van der Waals surface area contributed by atoms with E-state index in [4.69, 9.17) is 17.0 Å². The number of thiocarbonyl (C=S) groups is 1. The Morgan fingerprint density at radius 1 is 1.43 bits per heavy atom. The summed E-state index contributed by atoms with van der Waals surface area (Å²) in [5.41, 5.74) is -0.758. The average molecular weight is 315 g/mol. The monoisotopic (exact) mass is 315 g/mol. The SMILES string of the molecule is C=CCN1C(=S)N=NC1COc1cccc(C(F)(F)F)c1. The van der Waals surface area contributed by atoms with Crippen molar-refractivity contribution in [2.75, 3.05) is 13.2 Å². The molecule has 0 radical (unpaired) electrons. The highest BCUT2D eigenvalue weighted by atomic mass is 32.1. The largest absolute Gasteiger partial charge is 0.489 e. The average Bonchev–Trinajstić information content (AvgIpc) is 2.78. The van der Waals surface area contributed by atoms with Gasteiger partial charge >= 0.3 is 6.18 Å². The van der Waals surface area contributed by atoms with E-state index in [-0.39, 0.29) is 12.4 Å². The number of azo groups is 1. The van der Waals surface area contributed by atoms with Crippen LogP contribution >= 0.6 is 12.2 Å². The topological polar surface area (TPSA) is 37.2 Å². The molecule has 1 atom stereocenters. The molecule has 0 bridgehead atoms. The number of hydrogen-bond acceptors (Lipinski definition) is 3. The maximum absolute atomic E-state index is 12.6. The number of nitrogens with zero attached hydrogens (tertiary/aromatic N) is 3. The van der Waals surface area contributed by atoms with Crippen molar-refractivity contribution in [2.24, 2.45) is 10.2 Å². The van der Waals surface area contributed by atoms with Gasteiger partial charge in [-0.3, -0.25) is 0 Å². The van der Waals surface area contributed by atoms with Crippen LogP contribution in [-0.4, -0.2) is 29.3 Å². The third-order valence-corrected chi connectivity index (χ3v) is 3.08. The molecule has 0 aromatic heterocycles. The highest BCUT2D eigenvalue weighted by Gasteiger charge is 2.31. The van der Waals surface area contributed by atoms with Crippen LogP contribution in [0.5, 0.6) is 5.75 Å². The van der Waals surface area contributed by atoms with E-state index in [2.05, 4.69) is 16.8 Å². The third kappa shape index (κ3) is 3.78. The summed E-state index contributed by atoms with van der Waals surface area (Å²) in [5.74, 6) is 0.122. The molecule has 112 valence electrons. The first kappa shape index (κ1) is 15.4. The summed E-state index contributed by atoms with van der Waals surface area (Å²) in [7, 11) is 0. The maximum Gasteiger partial charge on any atom is 0.416 e. The summed E-state index contributed by atoms with van der Waals surface area (Å²) in [6.45, 7) is 4.10. The molecule has 8 heteroatoms. The maximum atomic E-state index is 12.6. The van der Waals surface area contributed by atoms with E-state index >= 15 is 0 Å². The van der Waals surface area contributed by atoms with Crippen LogP contribution in [0.25, 0.3) is 0 Å². The second-order valence-corrected chi connectivity index (χ2v) is 4.62. The number of ether oxygens (including phenoxy) is 1. The van der Waals surface area contributed by atoms with Crippen LogP contribution in [0.4, 0.5) is 13.2 Å². The van der Waals surface area contributed by atoms with Crippen LogP contribution in [0.2, 0.25) is 0 Å². The standard InChI is InChI=1S/C13H12F3N3OS/c1-2-6-19-11(17-18-12(19)21)8-20-10-5-3-4-9(7-10)13(14,15)16/h2-5,7,11H,1,6,8H2. The first-order valence-corrected chi connectivity index (χ1v) is 6.45. The molecule has 1 aromatic rings. The van der Waals surface area contributed by atoms with Gasteiger partial charge in [-0.25, -0.2) is 0 Å². The molecule has 1 aliphatic heterocycles. The van der Waals surface area contributed by atoms with Crippen molar-refractivity contribution in [2.45, 2.75) is 12.3 Å². The van der Waals surface area contributed by atoms with E-state index in [1.165, 1.54) is 12.1 Å². The minimum Gasteiger partial charge on any atom is -0.489 e. The second-order valence-electron chi connectivity index (χ2n) is 4.26. The Morgan fingerprint density at radius 3 is 2.86 bits per heavy atom. The predicted molar refractivity (Wildman–Crippen MR) is 75.1 cm³/mol. The first-order valence-electron chi connectivity index (χ1n) is 6.04. The van der Waals surface area contributed by atoms with E-state index in [1.54, 1.807) is 11.0 Å². The molecule has 21 heavy (non-hydrogen) atoms. The van der Waals surface area contributed by atoms with Gasteiger partial charge in [0.05, 0.1) is 5.56 Å². The van der Waals surface area contributed by atoms with Gasteiger partial charge in [0.2, 0.25) is 5.11 Å². The second kappa shape index (κ2) is 6.21. The van der Waals surface area contributed by atoms with Gasteiger partial charge in [0, 0.05) is 6.54 Å². The van der Waals surface area contributed by atoms with Crippen molar-refractivity contribution in [3.8, 4) is 5.75 Å². The van der Waals surface area contributed by atoms with Gasteiger partial charge in [0.15, 0.2) is 6.17 Å². The Labute approximate surface area is 124 Å². The zero-order valence-corrected chi connectivity index (χ0v) is 11.7. The van der Waals surface area contributed by atoms with Crippen molar-refractivity contribution in [1.29, 1.82) is 0 Å². The molecule has 0 saturated carbocycles. The zero-order chi connectivity index (χ0) is 15.5. The van der Waals surface area contributed by atoms with Crippen molar-refractivity contribution < 1.29 is 17.9 Å². The van der Waals surface area contributed by atoms with Crippen LogP contribution < -0.4 is 4.74 Å². The lowest BCUT2D eigenvalue weighted by molar-refractivity contribution is -0.137. The number of hydrogen-bond donors (Lipinski definition) is 0. The Morgan fingerprint density at radius 2 is 2.19 bits per heavy atom. The molecule has 0 fully saturated rings. The van der Waals surface area contributed by atoms with Gasteiger partial charge in [0.1, 0.15) is 12.4 Å². The third-order valence-electron chi connectivity index (χ3n) is 2.77. The molecule has 2 rings (SSSR count). The smallest absolute Gasteiger partial charge is 0.416 e.